The van der Waals surface area contributed by atoms with Gasteiger partial charge in [0, 0.05) is 25.6 Å². The molecular weight excluding hydrogens is 236 g/mol. The molecule has 6 heteroatoms. The van der Waals surface area contributed by atoms with E-state index in [0.717, 1.165) is 12.8 Å². The molecule has 0 radical (unpaired) electrons. The van der Waals surface area contributed by atoms with Gasteiger partial charge in [-0.25, -0.2) is 0 Å². The SMILES string of the molecule is CCN(C(=O)CN1CC(O)CC1C(=O)O)C1CC1. The van der Waals surface area contributed by atoms with Crippen LogP contribution in [0.4, 0.5) is 0 Å². The van der Waals surface area contributed by atoms with Crippen molar-refractivity contribution < 1.29 is 19.8 Å². The average Bonchev–Trinajstić information content (AvgIpc) is 3.04. The van der Waals surface area contributed by atoms with Crippen LogP contribution in [0.15, 0.2) is 0 Å². The van der Waals surface area contributed by atoms with Gasteiger partial charge < -0.3 is 15.1 Å². The summed E-state index contributed by atoms with van der Waals surface area (Å²) in [4.78, 5) is 26.5. The van der Waals surface area contributed by atoms with E-state index < -0.39 is 18.1 Å². The molecule has 2 N–H and O–H groups in total. The lowest BCUT2D eigenvalue weighted by Gasteiger charge is -2.26. The third-order valence-electron chi connectivity index (χ3n) is 3.65. The van der Waals surface area contributed by atoms with Gasteiger partial charge in [-0.05, 0) is 19.8 Å². The van der Waals surface area contributed by atoms with Gasteiger partial charge in [-0.15, -0.1) is 0 Å². The van der Waals surface area contributed by atoms with Crippen LogP contribution in [0.2, 0.25) is 0 Å². The van der Waals surface area contributed by atoms with Crippen molar-refractivity contribution in [2.24, 2.45) is 0 Å². The first-order valence-electron chi connectivity index (χ1n) is 6.47. The maximum atomic E-state index is 12.1. The topological polar surface area (TPSA) is 81.1 Å². The number of aliphatic hydroxyl groups excluding tert-OH is 1. The summed E-state index contributed by atoms with van der Waals surface area (Å²) in [6, 6.07) is -0.389. The molecular formula is C12H20N2O4. The molecule has 18 heavy (non-hydrogen) atoms. The highest BCUT2D eigenvalue weighted by atomic mass is 16.4. The summed E-state index contributed by atoms with van der Waals surface area (Å²) >= 11 is 0. The maximum Gasteiger partial charge on any atom is 0.321 e. The average molecular weight is 256 g/mol. The first kappa shape index (κ1) is 13.3. The summed E-state index contributed by atoms with van der Waals surface area (Å²) in [6.45, 7) is 2.96. The fourth-order valence-electron chi connectivity index (χ4n) is 2.60. The molecule has 2 fully saturated rings. The van der Waals surface area contributed by atoms with E-state index in [1.165, 1.54) is 0 Å². The minimum atomic E-state index is -0.964. The van der Waals surface area contributed by atoms with Crippen LogP contribution in [-0.2, 0) is 9.59 Å². The lowest BCUT2D eigenvalue weighted by molar-refractivity contribution is -0.143. The van der Waals surface area contributed by atoms with Gasteiger partial charge in [-0.3, -0.25) is 14.5 Å². The Labute approximate surface area is 106 Å². The summed E-state index contributed by atoms with van der Waals surface area (Å²) in [5, 5.41) is 18.6. The van der Waals surface area contributed by atoms with E-state index in [0.29, 0.717) is 12.6 Å². The maximum absolute atomic E-state index is 12.1. The Kier molecular flexibility index (Phi) is 3.87. The van der Waals surface area contributed by atoms with E-state index in [4.69, 9.17) is 5.11 Å². The zero-order valence-corrected chi connectivity index (χ0v) is 10.6. The number of carbonyl (C=O) groups excluding carboxylic acids is 1. The molecule has 0 aromatic carbocycles. The number of carbonyl (C=O) groups is 2. The number of likely N-dealkylation sites (N-methyl/N-ethyl adjacent to an activating group) is 1. The van der Waals surface area contributed by atoms with Gasteiger partial charge in [0.2, 0.25) is 5.91 Å². The lowest BCUT2D eigenvalue weighted by Crippen LogP contribution is -2.45. The van der Waals surface area contributed by atoms with Crippen molar-refractivity contribution in [1.29, 1.82) is 0 Å². The molecule has 1 aliphatic heterocycles. The largest absolute Gasteiger partial charge is 0.480 e. The Morgan fingerprint density at radius 2 is 2.06 bits per heavy atom. The third-order valence-corrected chi connectivity index (χ3v) is 3.65. The molecule has 1 aliphatic carbocycles. The first-order valence-corrected chi connectivity index (χ1v) is 6.47. The van der Waals surface area contributed by atoms with Gasteiger partial charge >= 0.3 is 5.97 Å². The Hall–Kier alpha value is -1.14. The van der Waals surface area contributed by atoms with Crippen molar-refractivity contribution in [2.45, 2.75) is 44.4 Å². The van der Waals surface area contributed by atoms with E-state index in [1.54, 1.807) is 4.90 Å². The quantitative estimate of drug-likeness (QED) is 0.694. The highest BCUT2D eigenvalue weighted by Gasteiger charge is 2.39. The second kappa shape index (κ2) is 5.24. The number of hydrogen-bond acceptors (Lipinski definition) is 4. The highest BCUT2D eigenvalue weighted by molar-refractivity contribution is 5.80. The molecule has 2 unspecified atom stereocenters. The molecule has 2 rings (SSSR count). The van der Waals surface area contributed by atoms with E-state index in [-0.39, 0.29) is 25.4 Å². The molecule has 0 bridgehead atoms. The Morgan fingerprint density at radius 3 is 2.56 bits per heavy atom. The molecule has 102 valence electrons. The number of aliphatic hydroxyl groups is 1. The second-order valence-corrected chi connectivity index (χ2v) is 5.08. The number of rotatable bonds is 5. The van der Waals surface area contributed by atoms with Crippen molar-refractivity contribution in [2.75, 3.05) is 19.6 Å². The van der Waals surface area contributed by atoms with Gasteiger partial charge in [0.05, 0.1) is 12.6 Å². The molecule has 2 atom stereocenters. The van der Waals surface area contributed by atoms with Crippen LogP contribution in [-0.4, -0.2) is 69.7 Å². The van der Waals surface area contributed by atoms with Crippen LogP contribution < -0.4 is 0 Å². The summed E-state index contributed by atoms with van der Waals surface area (Å²) in [6.07, 6.45) is 1.66. The minimum absolute atomic E-state index is 0.0275. The number of β-amino-alcohol motifs (C(OH)–C–C–N with tert-alkyl or cyclic N) is 1. The van der Waals surface area contributed by atoms with Crippen molar-refractivity contribution in [3.8, 4) is 0 Å². The Balaban J connectivity index is 1.94. The highest BCUT2D eigenvalue weighted by Crippen LogP contribution is 2.27. The zero-order valence-electron chi connectivity index (χ0n) is 10.6. The molecule has 0 spiro atoms. The van der Waals surface area contributed by atoms with Crippen LogP contribution in [0.1, 0.15) is 26.2 Å². The number of carboxylic acid groups (broad SMARTS) is 1. The molecule has 1 saturated heterocycles. The number of hydrogen-bond donors (Lipinski definition) is 2. The van der Waals surface area contributed by atoms with Crippen molar-refractivity contribution in [1.82, 2.24) is 9.80 Å². The van der Waals surface area contributed by atoms with E-state index in [1.807, 2.05) is 11.8 Å². The summed E-state index contributed by atoms with van der Waals surface area (Å²) in [5.74, 6) is -0.992. The predicted octanol–water partition coefficient (Wildman–Crippen LogP) is -0.483. The van der Waals surface area contributed by atoms with Gasteiger partial charge in [-0.2, -0.15) is 0 Å². The van der Waals surface area contributed by atoms with E-state index in [2.05, 4.69) is 0 Å². The van der Waals surface area contributed by atoms with Gasteiger partial charge in [0.15, 0.2) is 0 Å². The van der Waals surface area contributed by atoms with Crippen LogP contribution in [0.25, 0.3) is 0 Å². The van der Waals surface area contributed by atoms with Crippen LogP contribution in [0.5, 0.6) is 0 Å². The lowest BCUT2D eigenvalue weighted by atomic mass is 10.2. The molecule has 1 heterocycles. The van der Waals surface area contributed by atoms with Gasteiger partial charge in [-0.1, -0.05) is 0 Å². The Morgan fingerprint density at radius 1 is 1.39 bits per heavy atom. The fourth-order valence-corrected chi connectivity index (χ4v) is 2.60. The predicted molar refractivity (Wildman–Crippen MR) is 64.0 cm³/mol. The minimum Gasteiger partial charge on any atom is -0.480 e. The Bertz CT molecular complexity index is 343. The third kappa shape index (κ3) is 2.81. The van der Waals surface area contributed by atoms with Gasteiger partial charge in [0.25, 0.3) is 0 Å². The number of carboxylic acids is 1. The van der Waals surface area contributed by atoms with E-state index >= 15 is 0 Å². The van der Waals surface area contributed by atoms with E-state index in [9.17, 15) is 14.7 Å². The summed E-state index contributed by atoms with van der Waals surface area (Å²) < 4.78 is 0. The summed E-state index contributed by atoms with van der Waals surface area (Å²) in [7, 11) is 0. The number of nitrogens with zero attached hydrogens (tertiary/aromatic N) is 2. The number of aliphatic carboxylic acids is 1. The van der Waals surface area contributed by atoms with Crippen LogP contribution in [0, 0.1) is 0 Å². The normalized spacial score (nSPS) is 28.3. The first-order chi connectivity index (χ1) is 8.52. The van der Waals surface area contributed by atoms with Crippen molar-refractivity contribution in [3.05, 3.63) is 0 Å². The fraction of sp³-hybridized carbons (Fsp3) is 0.833. The molecule has 6 nitrogen and oxygen atoms in total. The molecule has 1 amide bonds. The molecule has 2 aliphatic rings. The van der Waals surface area contributed by atoms with Crippen LogP contribution >= 0.6 is 0 Å². The standard InChI is InChI=1S/C12H20N2O4/c1-2-14(8-3-4-8)11(16)7-13-6-9(15)5-10(13)12(17)18/h8-10,15H,2-7H2,1H3,(H,17,18). The van der Waals surface area contributed by atoms with Crippen LogP contribution in [0.3, 0.4) is 0 Å². The number of amides is 1. The zero-order chi connectivity index (χ0) is 13.3. The van der Waals surface area contributed by atoms with Gasteiger partial charge in [0.1, 0.15) is 6.04 Å². The molecule has 1 saturated carbocycles. The van der Waals surface area contributed by atoms with Crippen molar-refractivity contribution >= 4 is 11.9 Å². The smallest absolute Gasteiger partial charge is 0.321 e. The summed E-state index contributed by atoms with van der Waals surface area (Å²) in [5.41, 5.74) is 0. The monoisotopic (exact) mass is 256 g/mol. The van der Waals surface area contributed by atoms with Crippen molar-refractivity contribution in [3.63, 3.8) is 0 Å². The number of likely N-dealkylation sites (tertiary alicyclic amines) is 1. The molecule has 0 aromatic heterocycles. The molecule has 0 aromatic rings. The second-order valence-electron chi connectivity index (χ2n) is 5.08.